The molecular weight excluding hydrogens is 472 g/mol. The third kappa shape index (κ3) is 22.5. The van der Waals surface area contributed by atoms with Gasteiger partial charge < -0.3 is 39.5 Å². The Bertz CT molecular complexity index is 602. The molecule has 0 unspecified atom stereocenters. The van der Waals surface area contributed by atoms with E-state index in [9.17, 15) is 19.5 Å². The van der Waals surface area contributed by atoms with Gasteiger partial charge >= 0.3 is 5.97 Å². The van der Waals surface area contributed by atoms with Crippen molar-refractivity contribution in [2.24, 2.45) is 0 Å². The van der Waals surface area contributed by atoms with Crippen LogP contribution >= 0.6 is 0 Å². The highest BCUT2D eigenvalue weighted by Crippen LogP contribution is 2.07. The van der Waals surface area contributed by atoms with E-state index >= 15 is 0 Å². The van der Waals surface area contributed by atoms with Crippen LogP contribution in [0.15, 0.2) is 0 Å². The summed E-state index contributed by atoms with van der Waals surface area (Å²) in [4.78, 5) is 35.4. The number of hydrogen-bond acceptors (Lipinski definition) is 9. The van der Waals surface area contributed by atoms with Gasteiger partial charge in [-0.2, -0.15) is 0 Å². The molecule has 0 saturated carbocycles. The van der Waals surface area contributed by atoms with Crippen LogP contribution in [0.25, 0.3) is 0 Å². The highest BCUT2D eigenvalue weighted by Gasteiger charge is 2.19. The van der Waals surface area contributed by atoms with Crippen LogP contribution in [0.5, 0.6) is 0 Å². The normalized spacial score (nSPS) is 11.8. The minimum Gasteiger partial charge on any atom is -0.480 e. The molecule has 0 saturated heterocycles. The van der Waals surface area contributed by atoms with Gasteiger partial charge in [0.2, 0.25) is 5.91 Å². The van der Waals surface area contributed by atoms with E-state index < -0.39 is 17.9 Å². The van der Waals surface area contributed by atoms with Gasteiger partial charge in [0.05, 0.1) is 52.9 Å². The Morgan fingerprint density at radius 2 is 1.31 bits per heavy atom. The molecule has 0 aromatic rings. The number of aliphatic carboxylic acids is 1. The molecule has 0 rings (SSSR count). The van der Waals surface area contributed by atoms with E-state index in [0.29, 0.717) is 104 Å². The number of Topliss-reactive ketones (excluding diaryl/α,β-unsaturated/α-hetero) is 1. The van der Waals surface area contributed by atoms with Crippen LogP contribution in [0.2, 0.25) is 0 Å². The van der Waals surface area contributed by atoms with Gasteiger partial charge in [0.1, 0.15) is 11.8 Å². The maximum Gasteiger partial charge on any atom is 0.326 e. The van der Waals surface area contributed by atoms with E-state index in [1.807, 2.05) is 6.92 Å². The Labute approximate surface area is 215 Å². The molecule has 1 amide bonds. The quantitative estimate of drug-likeness (QED) is 0.110. The minimum absolute atomic E-state index is 0.0286. The molecule has 0 aliphatic rings. The lowest BCUT2D eigenvalue weighted by Crippen LogP contribution is -2.40. The summed E-state index contributed by atoms with van der Waals surface area (Å²) in [5.74, 6) is -1.58. The average molecular weight is 519 g/mol. The number of ether oxygens (including phenoxy) is 5. The molecule has 0 aliphatic heterocycles. The second kappa shape index (κ2) is 24.8. The fourth-order valence-electron chi connectivity index (χ4n) is 3.04. The summed E-state index contributed by atoms with van der Waals surface area (Å²) in [5.41, 5.74) is 0.639. The third-order valence-corrected chi connectivity index (χ3v) is 5.20. The van der Waals surface area contributed by atoms with Gasteiger partial charge in [-0.25, -0.2) is 4.79 Å². The number of amides is 1. The number of nitrogens with one attached hydrogen (secondary N) is 2. The molecule has 3 N–H and O–H groups in total. The monoisotopic (exact) mass is 518 g/mol. The molecule has 0 aromatic carbocycles. The Morgan fingerprint density at radius 3 is 1.83 bits per heavy atom. The number of rotatable bonds is 27. The van der Waals surface area contributed by atoms with Gasteiger partial charge in [-0.15, -0.1) is 0 Å². The van der Waals surface area contributed by atoms with Crippen molar-refractivity contribution >= 4 is 23.4 Å². The summed E-state index contributed by atoms with van der Waals surface area (Å²) >= 11 is 0. The van der Waals surface area contributed by atoms with Crippen molar-refractivity contribution in [2.75, 3.05) is 66.6 Å². The Hall–Kier alpha value is -1.92. The molecule has 0 spiro atoms. The van der Waals surface area contributed by atoms with Crippen molar-refractivity contribution in [3.63, 3.8) is 0 Å². The Balaban J connectivity index is 3.64. The van der Waals surface area contributed by atoms with Gasteiger partial charge in [-0.1, -0.05) is 13.3 Å². The first-order valence-corrected chi connectivity index (χ1v) is 12.8. The van der Waals surface area contributed by atoms with Crippen molar-refractivity contribution < 1.29 is 43.2 Å². The molecule has 36 heavy (non-hydrogen) atoms. The third-order valence-electron chi connectivity index (χ3n) is 5.20. The van der Waals surface area contributed by atoms with Crippen LogP contribution < -0.4 is 5.32 Å². The number of methoxy groups -OCH3 is 1. The average Bonchev–Trinajstić information content (AvgIpc) is 2.86. The van der Waals surface area contributed by atoms with E-state index in [2.05, 4.69) is 5.32 Å². The van der Waals surface area contributed by atoms with Crippen LogP contribution in [0.4, 0.5) is 0 Å². The molecule has 11 nitrogen and oxygen atoms in total. The Kier molecular flexibility index (Phi) is 23.4. The Morgan fingerprint density at radius 1 is 0.750 bits per heavy atom. The zero-order valence-electron chi connectivity index (χ0n) is 22.0. The molecule has 0 heterocycles. The number of carbonyl (C=O) groups is 3. The standard InChI is InChI=1S/C25H46N2O9/c1-3-21(26)7-4-5-9-23(25(30)31)27-24(29)11-10-22(28)8-6-12-33-15-16-35-19-20-36-18-17-34-14-13-32-2/h23,26H,3-20H2,1-2H3,(H,27,29)(H,30,31)/t23-/m0/s1. The van der Waals surface area contributed by atoms with Crippen molar-refractivity contribution in [1.82, 2.24) is 5.32 Å². The summed E-state index contributed by atoms with van der Waals surface area (Å²) in [7, 11) is 1.62. The summed E-state index contributed by atoms with van der Waals surface area (Å²) in [6.07, 6.45) is 3.88. The van der Waals surface area contributed by atoms with Crippen LogP contribution in [-0.4, -0.2) is 101 Å². The largest absolute Gasteiger partial charge is 0.480 e. The van der Waals surface area contributed by atoms with Gasteiger partial charge in [0, 0.05) is 38.7 Å². The van der Waals surface area contributed by atoms with Crippen molar-refractivity contribution in [3.05, 3.63) is 0 Å². The van der Waals surface area contributed by atoms with Gasteiger partial charge in [-0.3, -0.25) is 9.59 Å². The van der Waals surface area contributed by atoms with E-state index in [1.165, 1.54) is 0 Å². The molecule has 0 fully saturated rings. The van der Waals surface area contributed by atoms with Gasteiger partial charge in [0.15, 0.2) is 0 Å². The van der Waals surface area contributed by atoms with E-state index in [-0.39, 0.29) is 18.6 Å². The van der Waals surface area contributed by atoms with Gasteiger partial charge in [-0.05, 0) is 32.1 Å². The van der Waals surface area contributed by atoms with Crippen molar-refractivity contribution in [2.45, 2.75) is 70.8 Å². The van der Waals surface area contributed by atoms with Crippen LogP contribution in [0.1, 0.15) is 64.7 Å². The smallest absolute Gasteiger partial charge is 0.326 e. The zero-order chi connectivity index (χ0) is 26.9. The number of hydrogen-bond donors (Lipinski definition) is 3. The number of carboxylic acid groups (broad SMARTS) is 1. The highest BCUT2D eigenvalue weighted by atomic mass is 16.6. The molecule has 1 atom stereocenters. The van der Waals surface area contributed by atoms with E-state index in [0.717, 1.165) is 6.42 Å². The van der Waals surface area contributed by atoms with Crippen LogP contribution in [0, 0.1) is 5.41 Å². The highest BCUT2D eigenvalue weighted by molar-refractivity contribution is 5.87. The molecule has 0 bridgehead atoms. The number of unbranched alkanes of at least 4 members (excludes halogenated alkanes) is 1. The number of ketones is 1. The van der Waals surface area contributed by atoms with Crippen molar-refractivity contribution in [1.29, 1.82) is 5.41 Å². The second-order valence-electron chi connectivity index (χ2n) is 8.25. The first-order chi connectivity index (χ1) is 17.4. The first kappa shape index (κ1) is 34.1. The lowest BCUT2D eigenvalue weighted by atomic mass is 10.0. The fourth-order valence-corrected chi connectivity index (χ4v) is 3.04. The topological polar surface area (TPSA) is 153 Å². The maximum absolute atomic E-state index is 12.0. The predicted molar refractivity (Wildman–Crippen MR) is 135 cm³/mol. The van der Waals surface area contributed by atoms with E-state index in [1.54, 1.807) is 7.11 Å². The fraction of sp³-hybridized carbons (Fsp3) is 0.840. The molecule has 0 radical (unpaired) electrons. The lowest BCUT2D eigenvalue weighted by molar-refractivity contribution is -0.142. The number of carbonyl (C=O) groups excluding carboxylic acids is 2. The van der Waals surface area contributed by atoms with Crippen LogP contribution in [-0.2, 0) is 38.1 Å². The summed E-state index contributed by atoms with van der Waals surface area (Å²) < 4.78 is 26.3. The molecule has 210 valence electrons. The SMILES string of the molecule is CCC(=N)CCCC[C@H](NC(=O)CCC(=O)CCCOCCOCCOCCOCCOC)C(=O)O. The summed E-state index contributed by atoms with van der Waals surface area (Å²) in [5, 5.41) is 19.4. The lowest BCUT2D eigenvalue weighted by Gasteiger charge is -2.14. The molecular formula is C25H46N2O9. The van der Waals surface area contributed by atoms with E-state index in [4.69, 9.17) is 29.1 Å². The summed E-state index contributed by atoms with van der Waals surface area (Å²) in [6.45, 7) is 6.29. The summed E-state index contributed by atoms with van der Waals surface area (Å²) in [6, 6.07) is -0.967. The zero-order valence-corrected chi connectivity index (χ0v) is 22.0. The predicted octanol–water partition coefficient (Wildman–Crippen LogP) is 2.39. The maximum atomic E-state index is 12.0. The first-order valence-electron chi connectivity index (χ1n) is 12.8. The molecule has 0 aliphatic carbocycles. The number of carboxylic acids is 1. The van der Waals surface area contributed by atoms with Crippen LogP contribution in [0.3, 0.4) is 0 Å². The van der Waals surface area contributed by atoms with Gasteiger partial charge in [0.25, 0.3) is 0 Å². The minimum atomic E-state index is -1.09. The second-order valence-corrected chi connectivity index (χ2v) is 8.25. The molecule has 11 heteroatoms. The molecule has 0 aromatic heterocycles. The van der Waals surface area contributed by atoms with Crippen molar-refractivity contribution in [3.8, 4) is 0 Å².